The van der Waals surface area contributed by atoms with E-state index in [2.05, 4.69) is 20.9 Å². The summed E-state index contributed by atoms with van der Waals surface area (Å²) in [4.78, 5) is 16.1. The van der Waals surface area contributed by atoms with Crippen molar-refractivity contribution in [3.8, 4) is 17.1 Å². The zero-order valence-corrected chi connectivity index (χ0v) is 13.0. The van der Waals surface area contributed by atoms with Crippen molar-refractivity contribution in [2.45, 2.75) is 13.5 Å². The maximum atomic E-state index is 13.7. The van der Waals surface area contributed by atoms with E-state index in [1.54, 1.807) is 13.0 Å². The summed E-state index contributed by atoms with van der Waals surface area (Å²) < 4.78 is 26.2. The minimum absolute atomic E-state index is 0.265. The molecule has 0 unspecified atom stereocenters. The second-order valence-corrected chi connectivity index (χ2v) is 5.48. The molecule has 7 heteroatoms. The minimum atomic E-state index is -0.489. The monoisotopic (exact) mass is 354 g/mol. The number of carbonyl (C=O) groups is 1. The molecule has 0 saturated carbocycles. The number of aromatic nitrogens is 2. The molecule has 2 heterocycles. The zero-order chi connectivity index (χ0) is 15.1. The van der Waals surface area contributed by atoms with Gasteiger partial charge in [0, 0.05) is 11.8 Å². The van der Waals surface area contributed by atoms with Crippen molar-refractivity contribution < 1.29 is 18.7 Å². The molecule has 0 atom stereocenters. The molecule has 110 valence electrons. The zero-order valence-electron chi connectivity index (χ0n) is 11.4. The molecule has 0 amide bonds. The van der Waals surface area contributed by atoms with E-state index in [1.165, 1.54) is 13.2 Å². The molecule has 2 aromatic rings. The van der Waals surface area contributed by atoms with Crippen LogP contribution < -0.4 is 4.74 Å². The van der Waals surface area contributed by atoms with Gasteiger partial charge in [-0.25, -0.2) is 14.2 Å². The molecular formula is C14H12BrFN2O3. The molecule has 21 heavy (non-hydrogen) atoms. The van der Waals surface area contributed by atoms with Crippen LogP contribution in [-0.4, -0.2) is 29.2 Å². The van der Waals surface area contributed by atoms with Gasteiger partial charge in [0.2, 0.25) is 0 Å². The highest BCUT2D eigenvalue weighted by Gasteiger charge is 2.25. The Hall–Kier alpha value is -1.89. The summed E-state index contributed by atoms with van der Waals surface area (Å²) in [6.45, 7) is 2.70. The Morgan fingerprint density at radius 3 is 3.00 bits per heavy atom. The summed E-state index contributed by atoms with van der Waals surface area (Å²) in [6, 6.07) is 2.92. The van der Waals surface area contributed by atoms with Gasteiger partial charge in [0.15, 0.2) is 5.69 Å². The van der Waals surface area contributed by atoms with Gasteiger partial charge in [0.1, 0.15) is 24.0 Å². The smallest absolute Gasteiger partial charge is 0.358 e. The third kappa shape index (κ3) is 2.21. The van der Waals surface area contributed by atoms with E-state index >= 15 is 0 Å². The van der Waals surface area contributed by atoms with Crippen molar-refractivity contribution in [1.82, 2.24) is 9.55 Å². The fraction of sp³-hybridized carbons (Fsp3) is 0.286. The van der Waals surface area contributed by atoms with E-state index in [9.17, 15) is 9.18 Å². The Bertz CT molecular complexity index is 742. The minimum Gasteiger partial charge on any atom is -0.491 e. The van der Waals surface area contributed by atoms with Gasteiger partial charge in [0.25, 0.3) is 0 Å². The quantitative estimate of drug-likeness (QED) is 0.739. The average molecular weight is 355 g/mol. The van der Waals surface area contributed by atoms with Crippen LogP contribution in [0.25, 0.3) is 11.4 Å². The number of benzene rings is 1. The van der Waals surface area contributed by atoms with Crippen LogP contribution in [0.5, 0.6) is 5.75 Å². The van der Waals surface area contributed by atoms with Crippen LogP contribution in [0.3, 0.4) is 0 Å². The molecule has 0 bridgehead atoms. The van der Waals surface area contributed by atoms with E-state index in [0.717, 1.165) is 0 Å². The van der Waals surface area contributed by atoms with Crippen LogP contribution in [0.15, 0.2) is 16.6 Å². The van der Waals surface area contributed by atoms with Crippen LogP contribution in [0.1, 0.15) is 16.2 Å². The maximum Gasteiger partial charge on any atom is 0.358 e. The van der Waals surface area contributed by atoms with Gasteiger partial charge in [-0.15, -0.1) is 0 Å². The normalized spacial score (nSPS) is 13.0. The van der Waals surface area contributed by atoms with Crippen molar-refractivity contribution in [3.05, 3.63) is 33.8 Å². The molecule has 1 aliphatic heterocycles. The van der Waals surface area contributed by atoms with Crippen LogP contribution in [-0.2, 0) is 11.3 Å². The predicted molar refractivity (Wildman–Crippen MR) is 76.9 cm³/mol. The molecule has 0 fully saturated rings. The fourth-order valence-corrected chi connectivity index (χ4v) is 2.72. The summed E-state index contributed by atoms with van der Waals surface area (Å²) in [6.07, 6.45) is 0. The van der Waals surface area contributed by atoms with Crippen molar-refractivity contribution >= 4 is 21.9 Å². The van der Waals surface area contributed by atoms with E-state index < -0.39 is 11.8 Å². The molecule has 0 radical (unpaired) electrons. The highest BCUT2D eigenvalue weighted by molar-refractivity contribution is 9.10. The Kier molecular flexibility index (Phi) is 3.44. The molecule has 0 N–H and O–H groups in total. The highest BCUT2D eigenvalue weighted by atomic mass is 79.9. The lowest BCUT2D eigenvalue weighted by atomic mass is 10.2. The number of fused-ring (bicyclic) bond motifs is 3. The average Bonchev–Trinajstić information content (AvgIpc) is 2.68. The topological polar surface area (TPSA) is 53.3 Å². The number of carbonyl (C=O) groups excluding carboxylic acids is 1. The molecule has 0 spiro atoms. The van der Waals surface area contributed by atoms with E-state index in [1.807, 2.05) is 4.57 Å². The Balaban J connectivity index is 2.24. The first-order valence-electron chi connectivity index (χ1n) is 6.30. The van der Waals surface area contributed by atoms with Gasteiger partial charge < -0.3 is 14.0 Å². The second-order valence-electron chi connectivity index (χ2n) is 4.62. The maximum absolute atomic E-state index is 13.7. The number of halogens is 2. The first-order valence-corrected chi connectivity index (χ1v) is 7.10. The van der Waals surface area contributed by atoms with E-state index in [4.69, 9.17) is 9.47 Å². The number of hydrogen-bond donors (Lipinski definition) is 0. The van der Waals surface area contributed by atoms with Crippen LogP contribution in [0, 0.1) is 12.7 Å². The number of methoxy groups -OCH3 is 1. The van der Waals surface area contributed by atoms with Gasteiger partial charge in [0.05, 0.1) is 23.7 Å². The lowest BCUT2D eigenvalue weighted by Crippen LogP contribution is -2.09. The Labute approximate surface area is 128 Å². The number of imidazole rings is 1. The second kappa shape index (κ2) is 5.14. The number of nitrogens with zero attached hydrogens (tertiary/aromatic N) is 2. The van der Waals surface area contributed by atoms with Gasteiger partial charge in [-0.2, -0.15) is 0 Å². The molecule has 0 aliphatic carbocycles. The number of esters is 1. The number of rotatable bonds is 1. The predicted octanol–water partition coefficient (Wildman–Crippen LogP) is 2.94. The molecule has 1 aromatic carbocycles. The van der Waals surface area contributed by atoms with Crippen LogP contribution in [0.2, 0.25) is 0 Å². The third-order valence-electron chi connectivity index (χ3n) is 3.44. The lowest BCUT2D eigenvalue weighted by molar-refractivity contribution is 0.0593. The van der Waals surface area contributed by atoms with Crippen molar-refractivity contribution in [1.29, 1.82) is 0 Å². The van der Waals surface area contributed by atoms with E-state index in [0.29, 0.717) is 40.5 Å². The third-order valence-corrected chi connectivity index (χ3v) is 4.04. The summed E-state index contributed by atoms with van der Waals surface area (Å²) in [5.74, 6) is 0.0901. The summed E-state index contributed by atoms with van der Waals surface area (Å²) in [5.41, 5.74) is 1.61. The first-order chi connectivity index (χ1) is 10.0. The lowest BCUT2D eigenvalue weighted by Gasteiger charge is -2.07. The molecule has 3 rings (SSSR count). The van der Waals surface area contributed by atoms with Gasteiger partial charge in [-0.1, -0.05) is 0 Å². The summed E-state index contributed by atoms with van der Waals surface area (Å²) in [5, 5.41) is 0. The van der Waals surface area contributed by atoms with Crippen LogP contribution >= 0.6 is 15.9 Å². The van der Waals surface area contributed by atoms with Crippen molar-refractivity contribution in [3.63, 3.8) is 0 Å². The van der Waals surface area contributed by atoms with E-state index in [-0.39, 0.29) is 5.69 Å². The van der Waals surface area contributed by atoms with Gasteiger partial charge in [-0.3, -0.25) is 0 Å². The Morgan fingerprint density at radius 2 is 2.29 bits per heavy atom. The molecule has 1 aromatic heterocycles. The van der Waals surface area contributed by atoms with Crippen molar-refractivity contribution in [2.75, 3.05) is 13.7 Å². The van der Waals surface area contributed by atoms with Gasteiger partial charge >= 0.3 is 5.97 Å². The molecule has 1 aliphatic rings. The summed E-state index contributed by atoms with van der Waals surface area (Å²) in [7, 11) is 1.31. The number of ether oxygens (including phenoxy) is 2. The highest BCUT2D eigenvalue weighted by Crippen LogP contribution is 2.36. The van der Waals surface area contributed by atoms with Crippen molar-refractivity contribution in [2.24, 2.45) is 0 Å². The molecule has 5 nitrogen and oxygen atoms in total. The molecular weight excluding hydrogens is 343 g/mol. The fourth-order valence-electron chi connectivity index (χ4n) is 2.37. The van der Waals surface area contributed by atoms with Crippen LogP contribution in [0.4, 0.5) is 4.39 Å². The first kappa shape index (κ1) is 14.1. The Morgan fingerprint density at radius 1 is 1.52 bits per heavy atom. The molecule has 0 saturated heterocycles. The van der Waals surface area contributed by atoms with Gasteiger partial charge in [-0.05, 0) is 28.9 Å². The number of hydrogen-bond acceptors (Lipinski definition) is 4. The standard InChI is InChI=1S/C14H12BrFN2O3/c1-7-12(14(19)20-2)17-13-8-5-9(15)10(16)6-11(8)21-4-3-18(7)13/h5-6H,3-4H2,1-2H3. The largest absolute Gasteiger partial charge is 0.491 e. The summed E-state index contributed by atoms with van der Waals surface area (Å²) >= 11 is 3.16. The SMILES string of the molecule is COC(=O)c1nc2n(c1C)CCOc1cc(F)c(Br)cc1-2.